The van der Waals surface area contributed by atoms with Crippen molar-refractivity contribution in [2.45, 2.75) is 19.4 Å². The summed E-state index contributed by atoms with van der Waals surface area (Å²) in [5.41, 5.74) is 1.15. The number of fused-ring (bicyclic) bond motifs is 1. The van der Waals surface area contributed by atoms with Crippen LogP contribution in [-0.4, -0.2) is 42.1 Å². The lowest BCUT2D eigenvalue weighted by atomic mass is 10.1. The predicted octanol–water partition coefficient (Wildman–Crippen LogP) is 1.70. The Bertz CT molecular complexity index is 674. The average molecular weight is 291 g/mol. The van der Waals surface area contributed by atoms with Gasteiger partial charge in [0.1, 0.15) is 11.3 Å². The molecule has 0 saturated heterocycles. The summed E-state index contributed by atoms with van der Waals surface area (Å²) in [6, 6.07) is 4.67. The second-order valence-corrected chi connectivity index (χ2v) is 4.98. The first-order chi connectivity index (χ1) is 9.88. The van der Waals surface area contributed by atoms with Crippen LogP contribution in [0.3, 0.4) is 0 Å². The molecule has 1 aromatic carbocycles. The molecule has 2 aromatic rings. The number of phenolic OH excluding ortho intramolecular Hbond substituents is 1. The van der Waals surface area contributed by atoms with E-state index >= 15 is 0 Å². The highest BCUT2D eigenvalue weighted by molar-refractivity contribution is 5.88. The maximum Gasteiger partial charge on any atom is 0.311 e. The summed E-state index contributed by atoms with van der Waals surface area (Å²) in [6.07, 6.45) is 0.627. The smallest absolute Gasteiger partial charge is 0.311 e. The Hall–Kier alpha value is -2.50. The van der Waals surface area contributed by atoms with E-state index in [9.17, 15) is 14.7 Å². The Morgan fingerprint density at radius 3 is 2.76 bits per heavy atom. The average Bonchev–Trinajstić information content (AvgIpc) is 2.79. The monoisotopic (exact) mass is 291 g/mol. The van der Waals surface area contributed by atoms with E-state index in [1.165, 1.54) is 30.2 Å². The fourth-order valence-electron chi connectivity index (χ4n) is 2.02. The zero-order valence-electron chi connectivity index (χ0n) is 12.1. The van der Waals surface area contributed by atoms with Gasteiger partial charge in [-0.2, -0.15) is 0 Å². The fraction of sp³-hybridized carbons (Fsp3) is 0.333. The molecule has 0 radical (unpaired) electrons. The molecule has 0 fully saturated rings. The molecule has 0 saturated carbocycles. The largest absolute Gasteiger partial charge is 0.508 e. The molecule has 112 valence electrons. The van der Waals surface area contributed by atoms with Crippen molar-refractivity contribution in [1.82, 2.24) is 4.90 Å². The second-order valence-electron chi connectivity index (χ2n) is 4.98. The van der Waals surface area contributed by atoms with E-state index in [4.69, 9.17) is 9.15 Å². The highest BCUT2D eigenvalue weighted by Gasteiger charge is 2.20. The molecule has 0 bridgehead atoms. The number of furan rings is 1. The number of aromatic hydroxyl groups is 1. The normalized spacial score (nSPS) is 12.1. The Morgan fingerprint density at radius 2 is 2.10 bits per heavy atom. The summed E-state index contributed by atoms with van der Waals surface area (Å²) in [4.78, 5) is 24.9. The number of amides is 1. The van der Waals surface area contributed by atoms with Crippen LogP contribution in [0.2, 0.25) is 0 Å². The van der Waals surface area contributed by atoms with Gasteiger partial charge in [0.25, 0.3) is 5.91 Å². The van der Waals surface area contributed by atoms with Gasteiger partial charge < -0.3 is 19.2 Å². The van der Waals surface area contributed by atoms with Gasteiger partial charge in [0.2, 0.25) is 0 Å². The van der Waals surface area contributed by atoms with E-state index in [0.717, 1.165) is 5.39 Å². The minimum absolute atomic E-state index is 0.00280. The van der Waals surface area contributed by atoms with Crippen molar-refractivity contribution >= 4 is 22.8 Å². The predicted molar refractivity (Wildman–Crippen MR) is 75.8 cm³/mol. The van der Waals surface area contributed by atoms with E-state index in [2.05, 4.69) is 0 Å². The van der Waals surface area contributed by atoms with Gasteiger partial charge >= 0.3 is 5.97 Å². The van der Waals surface area contributed by atoms with E-state index < -0.39 is 12.1 Å². The molecular formula is C15H17NO5. The van der Waals surface area contributed by atoms with E-state index in [1.807, 2.05) is 0 Å². The molecule has 6 nitrogen and oxygen atoms in total. The summed E-state index contributed by atoms with van der Waals surface area (Å²) < 4.78 is 10.4. The number of phenols is 1. The van der Waals surface area contributed by atoms with Gasteiger partial charge in [-0.15, -0.1) is 0 Å². The molecule has 0 spiro atoms. The van der Waals surface area contributed by atoms with Gasteiger partial charge in [0, 0.05) is 31.1 Å². The van der Waals surface area contributed by atoms with Crippen molar-refractivity contribution in [2.24, 2.45) is 0 Å². The third-order valence-corrected chi connectivity index (χ3v) is 3.07. The van der Waals surface area contributed by atoms with Gasteiger partial charge in [-0.3, -0.25) is 9.59 Å². The minimum atomic E-state index is -0.824. The summed E-state index contributed by atoms with van der Waals surface area (Å²) in [6.45, 7) is 1.53. The number of ether oxygens (including phenoxy) is 1. The summed E-state index contributed by atoms with van der Waals surface area (Å²) in [7, 11) is 3.20. The van der Waals surface area contributed by atoms with Crippen molar-refractivity contribution in [2.75, 3.05) is 14.1 Å². The number of esters is 1. The lowest BCUT2D eigenvalue weighted by Gasteiger charge is -2.17. The first-order valence-electron chi connectivity index (χ1n) is 6.48. The standard InChI is InChI=1S/C15H17NO5/c1-9(15(19)16(2)3)21-14(18)6-10-8-20-13-7-11(17)4-5-12(10)13/h4-5,7-9,17H,6H2,1-3H3/t9-/m0/s1. The van der Waals surface area contributed by atoms with Crippen LogP contribution in [0, 0.1) is 0 Å². The second kappa shape index (κ2) is 5.87. The van der Waals surface area contributed by atoms with Crippen molar-refractivity contribution in [1.29, 1.82) is 0 Å². The van der Waals surface area contributed by atoms with Crippen LogP contribution in [0.5, 0.6) is 5.75 Å². The van der Waals surface area contributed by atoms with Gasteiger partial charge in [0.15, 0.2) is 6.10 Å². The molecule has 2 rings (SSSR count). The van der Waals surface area contributed by atoms with Gasteiger partial charge in [0.05, 0.1) is 12.7 Å². The van der Waals surface area contributed by atoms with E-state index in [0.29, 0.717) is 11.1 Å². The summed E-state index contributed by atoms with van der Waals surface area (Å²) in [5, 5.41) is 10.1. The Morgan fingerprint density at radius 1 is 1.38 bits per heavy atom. The van der Waals surface area contributed by atoms with Crippen LogP contribution in [0.1, 0.15) is 12.5 Å². The van der Waals surface area contributed by atoms with Gasteiger partial charge in [-0.05, 0) is 19.1 Å². The Kier molecular flexibility index (Phi) is 4.16. The number of nitrogens with zero attached hydrogens (tertiary/aromatic N) is 1. The molecule has 1 N–H and O–H groups in total. The molecule has 6 heteroatoms. The van der Waals surface area contributed by atoms with Gasteiger partial charge in [-0.1, -0.05) is 0 Å². The van der Waals surface area contributed by atoms with Crippen LogP contribution < -0.4 is 0 Å². The highest BCUT2D eigenvalue weighted by Crippen LogP contribution is 2.25. The molecular weight excluding hydrogens is 274 g/mol. The lowest BCUT2D eigenvalue weighted by Crippen LogP contribution is -2.35. The first-order valence-corrected chi connectivity index (χ1v) is 6.48. The fourth-order valence-corrected chi connectivity index (χ4v) is 2.02. The number of hydrogen-bond donors (Lipinski definition) is 1. The van der Waals surface area contributed by atoms with Crippen molar-refractivity contribution in [3.05, 3.63) is 30.0 Å². The number of carbonyl (C=O) groups excluding carboxylic acids is 2. The molecule has 21 heavy (non-hydrogen) atoms. The number of hydrogen-bond acceptors (Lipinski definition) is 5. The van der Waals surface area contributed by atoms with Crippen molar-refractivity contribution < 1.29 is 23.8 Å². The number of benzene rings is 1. The van der Waals surface area contributed by atoms with Gasteiger partial charge in [-0.25, -0.2) is 0 Å². The third-order valence-electron chi connectivity index (χ3n) is 3.07. The Balaban J connectivity index is 2.06. The molecule has 1 atom stereocenters. The lowest BCUT2D eigenvalue weighted by molar-refractivity contribution is -0.157. The van der Waals surface area contributed by atoms with Crippen molar-refractivity contribution in [3.63, 3.8) is 0 Å². The summed E-state index contributed by atoms with van der Waals surface area (Å²) >= 11 is 0. The van der Waals surface area contributed by atoms with Crippen LogP contribution >= 0.6 is 0 Å². The molecule has 0 aliphatic heterocycles. The Labute approximate surface area is 121 Å². The minimum Gasteiger partial charge on any atom is -0.508 e. The van der Waals surface area contributed by atoms with Crippen molar-refractivity contribution in [3.8, 4) is 5.75 Å². The van der Waals surface area contributed by atoms with E-state index in [-0.39, 0.29) is 18.1 Å². The highest BCUT2D eigenvalue weighted by atomic mass is 16.5. The number of carbonyl (C=O) groups is 2. The quantitative estimate of drug-likeness (QED) is 0.867. The number of rotatable bonds is 4. The molecule has 1 amide bonds. The molecule has 1 heterocycles. The molecule has 0 aliphatic carbocycles. The van der Waals surface area contributed by atoms with E-state index in [1.54, 1.807) is 20.2 Å². The topological polar surface area (TPSA) is 80.0 Å². The molecule has 0 aliphatic rings. The van der Waals surface area contributed by atoms with Crippen LogP contribution in [-0.2, 0) is 20.7 Å². The molecule has 1 aromatic heterocycles. The number of likely N-dealkylation sites (N-methyl/N-ethyl adjacent to an activating group) is 1. The van der Waals surface area contributed by atoms with Crippen LogP contribution in [0.25, 0.3) is 11.0 Å². The maximum atomic E-state index is 11.9. The summed E-state index contributed by atoms with van der Waals surface area (Å²) in [5.74, 6) is -0.685. The first kappa shape index (κ1) is 14.9. The third kappa shape index (κ3) is 3.34. The maximum absolute atomic E-state index is 11.9. The van der Waals surface area contributed by atoms with Crippen LogP contribution in [0.4, 0.5) is 0 Å². The SMILES string of the molecule is C[C@H](OC(=O)Cc1coc2cc(O)ccc12)C(=O)N(C)C. The zero-order valence-corrected chi connectivity index (χ0v) is 12.1. The molecule has 0 unspecified atom stereocenters. The van der Waals surface area contributed by atoms with Crippen LogP contribution in [0.15, 0.2) is 28.9 Å². The zero-order chi connectivity index (χ0) is 15.6.